The first-order valence-corrected chi connectivity index (χ1v) is 7.66. The smallest absolute Gasteiger partial charge is 0.310 e. The molecule has 1 fully saturated rings. The summed E-state index contributed by atoms with van der Waals surface area (Å²) in [6.45, 7) is 3.72. The van der Waals surface area contributed by atoms with Crippen molar-refractivity contribution in [3.8, 4) is 0 Å². The van der Waals surface area contributed by atoms with Crippen molar-refractivity contribution in [1.82, 2.24) is 9.78 Å². The molecule has 0 radical (unpaired) electrons. The maximum atomic E-state index is 12.8. The predicted octanol–water partition coefficient (Wildman–Crippen LogP) is 3.80. The summed E-state index contributed by atoms with van der Waals surface area (Å²) in [4.78, 5) is 12.4. The van der Waals surface area contributed by atoms with E-state index in [1.807, 2.05) is 13.8 Å². The van der Waals surface area contributed by atoms with E-state index in [2.05, 4.69) is 10.4 Å². The zero-order chi connectivity index (χ0) is 17.6. The van der Waals surface area contributed by atoms with E-state index in [0.717, 1.165) is 23.4 Å². The van der Waals surface area contributed by atoms with E-state index in [4.69, 9.17) is 0 Å². The van der Waals surface area contributed by atoms with E-state index in [-0.39, 0.29) is 17.7 Å². The van der Waals surface area contributed by atoms with Crippen LogP contribution >= 0.6 is 0 Å². The summed E-state index contributed by atoms with van der Waals surface area (Å²) in [7, 11) is 1.74. The first kappa shape index (κ1) is 16.5. The highest BCUT2D eigenvalue weighted by Gasteiger charge is 2.45. The lowest BCUT2D eigenvalue weighted by Gasteiger charge is -2.09. The number of nitrogens with zero attached hydrogens (tertiary/aromatic N) is 2. The molecule has 1 saturated carbocycles. The van der Waals surface area contributed by atoms with Crippen LogP contribution in [-0.2, 0) is 18.0 Å². The molecule has 2 atom stereocenters. The van der Waals surface area contributed by atoms with E-state index in [0.29, 0.717) is 17.8 Å². The molecule has 0 spiro atoms. The number of halogens is 3. The van der Waals surface area contributed by atoms with Crippen molar-refractivity contribution >= 4 is 11.7 Å². The summed E-state index contributed by atoms with van der Waals surface area (Å²) in [6.07, 6.45) is -3.81. The molecule has 4 nitrogen and oxygen atoms in total. The monoisotopic (exact) mass is 337 g/mol. The van der Waals surface area contributed by atoms with Gasteiger partial charge in [-0.25, -0.2) is 0 Å². The normalized spacial score (nSPS) is 20.1. The van der Waals surface area contributed by atoms with Gasteiger partial charge in [0.15, 0.2) is 0 Å². The number of anilines is 1. The average Bonchev–Trinajstić information content (AvgIpc) is 3.27. The number of hydrogen-bond donors (Lipinski definition) is 1. The van der Waals surface area contributed by atoms with Crippen molar-refractivity contribution in [3.05, 3.63) is 46.6 Å². The second kappa shape index (κ2) is 5.65. The number of aryl methyl sites for hydroxylation is 2. The third kappa shape index (κ3) is 3.02. The Morgan fingerprint density at radius 2 is 2.04 bits per heavy atom. The topological polar surface area (TPSA) is 46.9 Å². The Bertz CT molecular complexity index is 795. The van der Waals surface area contributed by atoms with Crippen LogP contribution in [0.15, 0.2) is 24.3 Å². The van der Waals surface area contributed by atoms with Crippen LogP contribution in [0, 0.1) is 19.8 Å². The molecule has 7 heteroatoms. The van der Waals surface area contributed by atoms with Crippen molar-refractivity contribution < 1.29 is 18.0 Å². The van der Waals surface area contributed by atoms with Gasteiger partial charge in [0.05, 0.1) is 11.3 Å². The maximum absolute atomic E-state index is 12.8. The number of carbonyl (C=O) groups is 1. The van der Waals surface area contributed by atoms with Gasteiger partial charge in [-0.15, -0.1) is 0 Å². The third-order valence-electron chi connectivity index (χ3n) is 4.53. The summed E-state index contributed by atoms with van der Waals surface area (Å²) in [5.41, 5.74) is 1.60. The fourth-order valence-electron chi connectivity index (χ4n) is 2.95. The summed E-state index contributed by atoms with van der Waals surface area (Å²) >= 11 is 0. The second-order valence-corrected chi connectivity index (χ2v) is 6.24. The van der Waals surface area contributed by atoms with Gasteiger partial charge in [-0.05, 0) is 37.8 Å². The molecule has 128 valence electrons. The Labute approximate surface area is 137 Å². The van der Waals surface area contributed by atoms with Crippen molar-refractivity contribution in [3.63, 3.8) is 0 Å². The molecule has 1 amide bonds. The number of nitrogens with one attached hydrogen (secondary N) is 1. The van der Waals surface area contributed by atoms with E-state index < -0.39 is 11.7 Å². The van der Waals surface area contributed by atoms with Crippen LogP contribution in [0.25, 0.3) is 0 Å². The van der Waals surface area contributed by atoms with Gasteiger partial charge in [0.2, 0.25) is 5.91 Å². The maximum Gasteiger partial charge on any atom is 0.416 e. The van der Waals surface area contributed by atoms with Gasteiger partial charge in [0.25, 0.3) is 0 Å². The Balaban J connectivity index is 1.72. The predicted molar refractivity (Wildman–Crippen MR) is 83.6 cm³/mol. The summed E-state index contributed by atoms with van der Waals surface area (Å²) in [6, 6.07) is 5.22. The Morgan fingerprint density at radius 3 is 2.62 bits per heavy atom. The molecule has 1 heterocycles. The number of aromatic nitrogens is 2. The summed E-state index contributed by atoms with van der Waals surface area (Å²) in [5.74, 6) is -0.0132. The van der Waals surface area contributed by atoms with Crippen LogP contribution in [-0.4, -0.2) is 15.7 Å². The van der Waals surface area contributed by atoms with Crippen LogP contribution in [0.5, 0.6) is 0 Å². The molecule has 0 aliphatic heterocycles. The highest BCUT2D eigenvalue weighted by molar-refractivity contribution is 5.95. The highest BCUT2D eigenvalue weighted by Crippen LogP contribution is 2.49. The average molecular weight is 337 g/mol. The standard InChI is InChI=1S/C17H18F3N3O/c1-9-10(2)22-23(3)15(9)21-16(24)14-8-13(14)11-5-4-6-12(7-11)17(18,19)20/h4-7,13-14H,8H2,1-3H3,(H,21,24)/t13-,14+/m1/s1. The van der Waals surface area contributed by atoms with E-state index in [9.17, 15) is 18.0 Å². The number of carbonyl (C=O) groups excluding carboxylic acids is 1. The van der Waals surface area contributed by atoms with Crippen LogP contribution in [0.3, 0.4) is 0 Å². The molecule has 3 rings (SSSR count). The van der Waals surface area contributed by atoms with Crippen LogP contribution < -0.4 is 5.32 Å². The van der Waals surface area contributed by atoms with Gasteiger partial charge in [-0.1, -0.05) is 18.2 Å². The Kier molecular flexibility index (Phi) is 3.89. The first-order chi connectivity index (χ1) is 11.2. The Morgan fingerprint density at radius 1 is 1.33 bits per heavy atom. The van der Waals surface area contributed by atoms with Crippen LogP contribution in [0.1, 0.15) is 34.7 Å². The highest BCUT2D eigenvalue weighted by atomic mass is 19.4. The van der Waals surface area contributed by atoms with Crippen LogP contribution in [0.2, 0.25) is 0 Å². The number of benzene rings is 1. The zero-order valence-electron chi connectivity index (χ0n) is 13.6. The van der Waals surface area contributed by atoms with E-state index >= 15 is 0 Å². The fourth-order valence-corrected chi connectivity index (χ4v) is 2.95. The molecule has 1 aliphatic rings. The van der Waals surface area contributed by atoms with Gasteiger partial charge >= 0.3 is 6.18 Å². The number of hydrogen-bond acceptors (Lipinski definition) is 2. The van der Waals surface area contributed by atoms with Gasteiger partial charge in [0.1, 0.15) is 5.82 Å². The lowest BCUT2D eigenvalue weighted by Crippen LogP contribution is -2.17. The van der Waals surface area contributed by atoms with Crippen LogP contribution in [0.4, 0.5) is 19.0 Å². The summed E-state index contributed by atoms with van der Waals surface area (Å²) in [5, 5.41) is 7.08. The summed E-state index contributed by atoms with van der Waals surface area (Å²) < 4.78 is 40.0. The van der Waals surface area contributed by atoms with Crippen molar-refractivity contribution in [2.45, 2.75) is 32.4 Å². The third-order valence-corrected chi connectivity index (χ3v) is 4.53. The lowest BCUT2D eigenvalue weighted by molar-refractivity contribution is -0.137. The first-order valence-electron chi connectivity index (χ1n) is 7.66. The van der Waals surface area contributed by atoms with Gasteiger partial charge in [-0.3, -0.25) is 9.48 Å². The minimum atomic E-state index is -4.37. The SMILES string of the molecule is Cc1nn(C)c(NC(=O)[C@H]2C[C@@H]2c2cccc(C(F)(F)F)c2)c1C. The van der Waals surface area contributed by atoms with Gasteiger partial charge in [-0.2, -0.15) is 18.3 Å². The van der Waals surface area contributed by atoms with Gasteiger partial charge in [0, 0.05) is 18.5 Å². The lowest BCUT2D eigenvalue weighted by atomic mass is 10.1. The van der Waals surface area contributed by atoms with E-state index in [1.54, 1.807) is 17.8 Å². The number of rotatable bonds is 3. The molecule has 0 saturated heterocycles. The molecular weight excluding hydrogens is 319 g/mol. The molecule has 1 aromatic heterocycles. The van der Waals surface area contributed by atoms with Crippen molar-refractivity contribution in [2.75, 3.05) is 5.32 Å². The van der Waals surface area contributed by atoms with Crippen molar-refractivity contribution in [2.24, 2.45) is 13.0 Å². The fraction of sp³-hybridized carbons (Fsp3) is 0.412. The molecule has 0 unspecified atom stereocenters. The molecule has 1 aromatic carbocycles. The zero-order valence-corrected chi connectivity index (χ0v) is 13.6. The molecule has 24 heavy (non-hydrogen) atoms. The molecule has 1 aliphatic carbocycles. The molecular formula is C17H18F3N3O. The van der Waals surface area contributed by atoms with E-state index in [1.165, 1.54) is 6.07 Å². The number of alkyl halides is 3. The quantitative estimate of drug-likeness (QED) is 0.926. The minimum absolute atomic E-state index is 0.165. The largest absolute Gasteiger partial charge is 0.416 e. The van der Waals surface area contributed by atoms with Gasteiger partial charge < -0.3 is 5.32 Å². The second-order valence-electron chi connectivity index (χ2n) is 6.24. The number of amides is 1. The Hall–Kier alpha value is -2.31. The van der Waals surface area contributed by atoms with Crippen molar-refractivity contribution in [1.29, 1.82) is 0 Å². The molecule has 2 aromatic rings. The molecule has 1 N–H and O–H groups in total. The molecule has 0 bridgehead atoms. The minimum Gasteiger partial charge on any atom is -0.310 e.